The first-order valence-electron chi connectivity index (χ1n) is 11.5. The lowest BCUT2D eigenvalue weighted by atomic mass is 9.99. The molecule has 8 nitrogen and oxygen atoms in total. The highest BCUT2D eigenvalue weighted by molar-refractivity contribution is 7.92. The van der Waals surface area contributed by atoms with E-state index in [0.29, 0.717) is 46.4 Å². The Hall–Kier alpha value is -2.34. The Kier molecular flexibility index (Phi) is 8.91. The highest BCUT2D eigenvalue weighted by atomic mass is 35.5. The summed E-state index contributed by atoms with van der Waals surface area (Å²) in [4.78, 5) is 12.9. The van der Waals surface area contributed by atoms with Crippen LogP contribution in [0, 0.1) is 5.92 Å². The predicted molar refractivity (Wildman–Crippen MR) is 151 cm³/mol. The number of rotatable bonds is 8. The van der Waals surface area contributed by atoms with Crippen molar-refractivity contribution in [1.82, 2.24) is 4.31 Å². The molecule has 0 bridgehead atoms. The minimum atomic E-state index is -3.86. The summed E-state index contributed by atoms with van der Waals surface area (Å²) in [5.74, 6) is -1.15. The Balaban J connectivity index is 1.38. The monoisotopic (exact) mass is 615 g/mol. The van der Waals surface area contributed by atoms with E-state index in [2.05, 4.69) is 10.0 Å². The molecule has 38 heavy (non-hydrogen) atoms. The Labute approximate surface area is 237 Å². The second kappa shape index (κ2) is 11.8. The van der Waals surface area contributed by atoms with E-state index in [4.69, 9.17) is 34.8 Å². The molecule has 2 N–H and O–H groups in total. The van der Waals surface area contributed by atoms with E-state index in [0.717, 1.165) is 0 Å². The maximum absolute atomic E-state index is 13.0. The van der Waals surface area contributed by atoms with Gasteiger partial charge < -0.3 is 5.32 Å². The lowest BCUT2D eigenvalue weighted by Gasteiger charge is -2.31. The number of hydrogen-bond acceptors (Lipinski definition) is 5. The summed E-state index contributed by atoms with van der Waals surface area (Å²) in [5.41, 5.74) is 1.23. The van der Waals surface area contributed by atoms with E-state index in [1.165, 1.54) is 40.7 Å². The van der Waals surface area contributed by atoms with Crippen LogP contribution >= 0.6 is 34.8 Å². The minimum absolute atomic E-state index is 0.00714. The lowest BCUT2D eigenvalue weighted by Crippen LogP contribution is -2.44. The molecule has 1 aliphatic rings. The van der Waals surface area contributed by atoms with Crippen molar-refractivity contribution in [3.8, 4) is 0 Å². The van der Waals surface area contributed by atoms with Gasteiger partial charge in [0.05, 0.1) is 32.3 Å². The number of piperidine rings is 1. The van der Waals surface area contributed by atoms with Crippen LogP contribution in [0.1, 0.15) is 18.4 Å². The summed E-state index contributed by atoms with van der Waals surface area (Å²) in [7, 11) is -7.55. The zero-order valence-corrected chi connectivity index (χ0v) is 23.8. The summed E-state index contributed by atoms with van der Waals surface area (Å²) in [5, 5.41) is 3.76. The number of amides is 1. The van der Waals surface area contributed by atoms with E-state index < -0.39 is 26.0 Å². The van der Waals surface area contributed by atoms with E-state index >= 15 is 0 Å². The predicted octanol–water partition coefficient (Wildman–Crippen LogP) is 5.63. The van der Waals surface area contributed by atoms with Crippen LogP contribution in [0.2, 0.25) is 15.1 Å². The molecule has 0 spiro atoms. The highest BCUT2D eigenvalue weighted by Crippen LogP contribution is 2.27. The third-order valence-corrected chi connectivity index (χ3v) is 10.2. The zero-order valence-electron chi connectivity index (χ0n) is 19.9. The summed E-state index contributed by atoms with van der Waals surface area (Å²) < 4.78 is 55.1. The normalized spacial score (nSPS) is 16.7. The molecule has 1 amide bonds. The Morgan fingerprint density at radius 1 is 0.895 bits per heavy atom. The average Bonchev–Trinajstić information content (AvgIpc) is 2.86. The molecule has 4 rings (SSSR count). The number of benzene rings is 3. The van der Waals surface area contributed by atoms with Crippen LogP contribution in [0.5, 0.6) is 0 Å². The first-order valence-corrected chi connectivity index (χ1v) is 15.8. The molecule has 0 radical (unpaired) electrons. The van der Waals surface area contributed by atoms with Crippen LogP contribution in [0.15, 0.2) is 71.6 Å². The van der Waals surface area contributed by atoms with Gasteiger partial charge in [-0.2, -0.15) is 0 Å². The molecule has 0 aliphatic carbocycles. The fourth-order valence-electron chi connectivity index (χ4n) is 4.07. The van der Waals surface area contributed by atoms with Gasteiger partial charge in [-0.3, -0.25) is 9.52 Å². The largest absolute Gasteiger partial charge is 0.326 e. The molecule has 1 atom stereocenters. The van der Waals surface area contributed by atoms with Crippen LogP contribution in [-0.4, -0.2) is 40.1 Å². The van der Waals surface area contributed by atoms with Crippen molar-refractivity contribution in [3.05, 3.63) is 87.4 Å². The molecule has 1 heterocycles. The molecule has 0 saturated carbocycles. The van der Waals surface area contributed by atoms with Crippen molar-refractivity contribution < 1.29 is 21.6 Å². The Bertz CT molecular complexity index is 1550. The fraction of sp³-hybridized carbons (Fsp3) is 0.240. The highest BCUT2D eigenvalue weighted by Gasteiger charge is 2.32. The van der Waals surface area contributed by atoms with Crippen molar-refractivity contribution in [2.24, 2.45) is 5.92 Å². The van der Waals surface area contributed by atoms with Gasteiger partial charge in [0.1, 0.15) is 0 Å². The second-order valence-corrected chi connectivity index (χ2v) is 13.7. The van der Waals surface area contributed by atoms with E-state index in [1.54, 1.807) is 30.3 Å². The van der Waals surface area contributed by atoms with Gasteiger partial charge in [0, 0.05) is 23.8 Å². The van der Waals surface area contributed by atoms with E-state index in [1.807, 2.05) is 0 Å². The third-order valence-electron chi connectivity index (χ3n) is 5.99. The number of anilines is 2. The van der Waals surface area contributed by atoms with Crippen LogP contribution in [0.3, 0.4) is 0 Å². The number of nitrogens with zero attached hydrogens (tertiary/aromatic N) is 1. The summed E-state index contributed by atoms with van der Waals surface area (Å²) in [6.07, 6.45) is 1.06. The molecule has 1 saturated heterocycles. The summed E-state index contributed by atoms with van der Waals surface area (Å²) >= 11 is 17.8. The smallest absolute Gasteiger partial charge is 0.261 e. The van der Waals surface area contributed by atoms with Gasteiger partial charge in [-0.25, -0.2) is 21.1 Å². The molecular weight excluding hydrogens is 593 g/mol. The second-order valence-electron chi connectivity index (χ2n) is 8.83. The fourth-order valence-corrected chi connectivity index (χ4v) is 7.23. The zero-order chi connectivity index (χ0) is 27.5. The maximum atomic E-state index is 13.0. The van der Waals surface area contributed by atoms with E-state index in [-0.39, 0.29) is 28.1 Å². The van der Waals surface area contributed by atoms with Crippen LogP contribution in [-0.2, 0) is 30.6 Å². The van der Waals surface area contributed by atoms with Gasteiger partial charge in [0.25, 0.3) is 10.0 Å². The number of carbonyl (C=O) groups is 1. The molecule has 202 valence electrons. The molecule has 1 fully saturated rings. The van der Waals surface area contributed by atoms with Crippen molar-refractivity contribution in [1.29, 1.82) is 0 Å². The maximum Gasteiger partial charge on any atom is 0.261 e. The number of hydrogen-bond donors (Lipinski definition) is 2. The van der Waals surface area contributed by atoms with E-state index in [9.17, 15) is 21.6 Å². The van der Waals surface area contributed by atoms with Crippen molar-refractivity contribution in [2.75, 3.05) is 23.1 Å². The van der Waals surface area contributed by atoms with Crippen LogP contribution < -0.4 is 10.0 Å². The third kappa shape index (κ3) is 7.19. The molecule has 3 aromatic rings. The van der Waals surface area contributed by atoms with Crippen molar-refractivity contribution in [2.45, 2.75) is 23.5 Å². The van der Waals surface area contributed by atoms with Gasteiger partial charge >= 0.3 is 0 Å². The van der Waals surface area contributed by atoms with Gasteiger partial charge in [-0.05, 0) is 73.0 Å². The number of nitrogens with one attached hydrogen (secondary N) is 2. The lowest BCUT2D eigenvalue weighted by molar-refractivity contribution is -0.120. The number of sulfonamides is 2. The molecular formula is C25H24Cl3N3O5S2. The van der Waals surface area contributed by atoms with Gasteiger partial charge in [0.2, 0.25) is 15.9 Å². The van der Waals surface area contributed by atoms with Gasteiger partial charge in [-0.1, -0.05) is 46.9 Å². The molecule has 3 aromatic carbocycles. The Morgan fingerprint density at radius 3 is 2.32 bits per heavy atom. The van der Waals surface area contributed by atoms with Gasteiger partial charge in [-0.15, -0.1) is 0 Å². The van der Waals surface area contributed by atoms with Crippen molar-refractivity contribution >= 4 is 72.1 Å². The first kappa shape index (κ1) is 28.7. The molecule has 0 aromatic heterocycles. The molecule has 1 unspecified atom stereocenters. The standard InChI is InChI=1S/C25H24Cl3N3O5S2/c26-19-4-1-5-21(14-19)30-38(35,36)22-9-7-20(8-10-22)29-25(32)18-3-2-12-31(15-18)37(33,34)16-17-6-11-23(27)24(28)13-17/h1,4-11,13-14,18,30H,2-3,12,15-16H2,(H,29,32). The Morgan fingerprint density at radius 2 is 1.63 bits per heavy atom. The SMILES string of the molecule is O=C(Nc1ccc(S(=O)(=O)Nc2cccc(Cl)c2)cc1)C1CCCN(S(=O)(=O)Cc2ccc(Cl)c(Cl)c2)C1. The average molecular weight is 617 g/mol. The minimum Gasteiger partial charge on any atom is -0.326 e. The van der Waals surface area contributed by atoms with Gasteiger partial charge in [0.15, 0.2) is 0 Å². The summed E-state index contributed by atoms with van der Waals surface area (Å²) in [6, 6.07) is 16.7. The quantitative estimate of drug-likeness (QED) is 0.341. The molecule has 13 heteroatoms. The first-order chi connectivity index (χ1) is 17.9. The van der Waals surface area contributed by atoms with Crippen LogP contribution in [0.4, 0.5) is 11.4 Å². The topological polar surface area (TPSA) is 113 Å². The van der Waals surface area contributed by atoms with Crippen LogP contribution in [0.25, 0.3) is 0 Å². The number of carbonyl (C=O) groups excluding carboxylic acids is 1. The molecule has 1 aliphatic heterocycles. The number of halogens is 3. The van der Waals surface area contributed by atoms with Crippen molar-refractivity contribution in [3.63, 3.8) is 0 Å². The summed E-state index contributed by atoms with van der Waals surface area (Å²) in [6.45, 7) is 0.366.